The average molecular weight is 285 g/mol. The zero-order chi connectivity index (χ0) is 14.8. The summed E-state index contributed by atoms with van der Waals surface area (Å²) in [4.78, 5) is 33.8. The molecular weight excluding hydrogens is 270 g/mol. The first kappa shape index (κ1) is 13.5. The molecule has 2 heterocycles. The van der Waals surface area contributed by atoms with Gasteiger partial charge in [-0.15, -0.1) is 0 Å². The lowest BCUT2D eigenvalue weighted by Crippen LogP contribution is -2.42. The van der Waals surface area contributed by atoms with Gasteiger partial charge < -0.3 is 10.0 Å². The molecule has 6 nitrogen and oxygen atoms in total. The molecule has 108 valence electrons. The summed E-state index contributed by atoms with van der Waals surface area (Å²) in [6.07, 6.45) is 4.46. The van der Waals surface area contributed by atoms with Crippen molar-refractivity contribution in [1.82, 2.24) is 14.9 Å². The molecule has 0 radical (unpaired) electrons. The number of amides is 1. The third-order valence-electron chi connectivity index (χ3n) is 3.79. The van der Waals surface area contributed by atoms with Crippen molar-refractivity contribution in [3.8, 4) is 0 Å². The Morgan fingerprint density at radius 1 is 1.24 bits per heavy atom. The fraction of sp³-hybridized carbons (Fsp3) is 0.333. The molecule has 1 fully saturated rings. The Balaban J connectivity index is 1.92. The molecule has 1 N–H and O–H groups in total. The molecule has 1 aromatic heterocycles. The Kier molecular flexibility index (Phi) is 3.51. The molecule has 2 aromatic rings. The van der Waals surface area contributed by atoms with Gasteiger partial charge in [0.1, 0.15) is 5.52 Å². The number of fused-ring (bicyclic) bond motifs is 1. The highest BCUT2D eigenvalue weighted by molar-refractivity contribution is 6.04. The molecule has 0 bridgehead atoms. The van der Waals surface area contributed by atoms with Gasteiger partial charge in [0.15, 0.2) is 0 Å². The van der Waals surface area contributed by atoms with Crippen molar-refractivity contribution in [2.24, 2.45) is 5.92 Å². The Morgan fingerprint density at radius 2 is 2.05 bits per heavy atom. The number of para-hydroxylation sites is 1. The van der Waals surface area contributed by atoms with E-state index in [9.17, 15) is 9.59 Å². The smallest absolute Gasteiger partial charge is 0.308 e. The largest absolute Gasteiger partial charge is 0.481 e. The van der Waals surface area contributed by atoms with Gasteiger partial charge in [-0.1, -0.05) is 6.07 Å². The second-order valence-corrected chi connectivity index (χ2v) is 5.16. The Labute approximate surface area is 121 Å². The molecule has 0 aliphatic carbocycles. The summed E-state index contributed by atoms with van der Waals surface area (Å²) in [5.74, 6) is -1.50. The Morgan fingerprint density at radius 3 is 2.86 bits per heavy atom. The van der Waals surface area contributed by atoms with Crippen LogP contribution in [-0.2, 0) is 4.79 Å². The summed E-state index contributed by atoms with van der Waals surface area (Å²) in [7, 11) is 0. The summed E-state index contributed by atoms with van der Waals surface area (Å²) < 4.78 is 0. The van der Waals surface area contributed by atoms with Gasteiger partial charge in [-0.05, 0) is 25.0 Å². The number of nitrogens with zero attached hydrogens (tertiary/aromatic N) is 3. The maximum atomic E-state index is 12.6. The van der Waals surface area contributed by atoms with Crippen LogP contribution in [0.5, 0.6) is 0 Å². The van der Waals surface area contributed by atoms with Crippen LogP contribution in [0.3, 0.4) is 0 Å². The summed E-state index contributed by atoms with van der Waals surface area (Å²) in [6.45, 7) is 0.837. The van der Waals surface area contributed by atoms with Gasteiger partial charge in [0, 0.05) is 25.5 Å². The highest BCUT2D eigenvalue weighted by atomic mass is 16.4. The van der Waals surface area contributed by atoms with Crippen LogP contribution >= 0.6 is 0 Å². The lowest BCUT2D eigenvalue weighted by atomic mass is 9.97. The topological polar surface area (TPSA) is 83.4 Å². The zero-order valence-electron chi connectivity index (χ0n) is 11.4. The molecule has 21 heavy (non-hydrogen) atoms. The predicted octanol–water partition coefficient (Wildman–Crippen LogP) is 1.57. The van der Waals surface area contributed by atoms with Crippen molar-refractivity contribution in [2.45, 2.75) is 12.8 Å². The van der Waals surface area contributed by atoms with E-state index in [4.69, 9.17) is 5.11 Å². The number of piperidine rings is 1. The van der Waals surface area contributed by atoms with Crippen LogP contribution in [0.15, 0.2) is 30.6 Å². The van der Waals surface area contributed by atoms with E-state index in [1.165, 1.54) is 0 Å². The quantitative estimate of drug-likeness (QED) is 0.905. The minimum Gasteiger partial charge on any atom is -0.481 e. The van der Waals surface area contributed by atoms with E-state index in [1.807, 2.05) is 0 Å². The van der Waals surface area contributed by atoms with Crippen molar-refractivity contribution in [1.29, 1.82) is 0 Å². The van der Waals surface area contributed by atoms with E-state index in [0.717, 1.165) is 0 Å². The van der Waals surface area contributed by atoms with Gasteiger partial charge in [-0.25, -0.2) is 0 Å². The number of carboxylic acid groups (broad SMARTS) is 1. The van der Waals surface area contributed by atoms with Crippen LogP contribution < -0.4 is 0 Å². The van der Waals surface area contributed by atoms with Crippen molar-refractivity contribution in [3.63, 3.8) is 0 Å². The van der Waals surface area contributed by atoms with Gasteiger partial charge >= 0.3 is 5.97 Å². The second-order valence-electron chi connectivity index (χ2n) is 5.16. The summed E-state index contributed by atoms with van der Waals surface area (Å²) >= 11 is 0. The third kappa shape index (κ3) is 2.56. The van der Waals surface area contributed by atoms with Gasteiger partial charge in [0.05, 0.1) is 17.0 Å². The van der Waals surface area contributed by atoms with E-state index in [-0.39, 0.29) is 12.5 Å². The number of aliphatic carboxylic acids is 1. The first-order valence-corrected chi connectivity index (χ1v) is 6.88. The van der Waals surface area contributed by atoms with Gasteiger partial charge in [-0.2, -0.15) is 0 Å². The molecule has 1 amide bonds. The monoisotopic (exact) mass is 285 g/mol. The maximum Gasteiger partial charge on any atom is 0.308 e. The van der Waals surface area contributed by atoms with Crippen molar-refractivity contribution in [2.75, 3.05) is 13.1 Å². The lowest BCUT2D eigenvalue weighted by Gasteiger charge is -2.30. The zero-order valence-corrected chi connectivity index (χ0v) is 11.4. The van der Waals surface area contributed by atoms with Gasteiger partial charge in [0.25, 0.3) is 5.91 Å². The molecule has 0 saturated carbocycles. The SMILES string of the molecule is O=C(O)[C@H]1CCCN(C(=O)c2cccc3nccnc23)C1. The van der Waals surface area contributed by atoms with Crippen LogP contribution in [-0.4, -0.2) is 44.9 Å². The number of hydrogen-bond donors (Lipinski definition) is 1. The van der Waals surface area contributed by atoms with E-state index in [1.54, 1.807) is 35.5 Å². The van der Waals surface area contributed by atoms with E-state index in [2.05, 4.69) is 9.97 Å². The van der Waals surface area contributed by atoms with Crippen LogP contribution in [0, 0.1) is 5.92 Å². The number of aromatic nitrogens is 2. The number of rotatable bonds is 2. The van der Waals surface area contributed by atoms with Crippen LogP contribution in [0.25, 0.3) is 11.0 Å². The number of likely N-dealkylation sites (tertiary alicyclic amines) is 1. The molecule has 3 rings (SSSR count). The third-order valence-corrected chi connectivity index (χ3v) is 3.79. The fourth-order valence-corrected chi connectivity index (χ4v) is 2.70. The number of hydrogen-bond acceptors (Lipinski definition) is 4. The highest BCUT2D eigenvalue weighted by Gasteiger charge is 2.29. The van der Waals surface area contributed by atoms with E-state index in [0.29, 0.717) is 36.0 Å². The fourth-order valence-electron chi connectivity index (χ4n) is 2.70. The maximum absolute atomic E-state index is 12.6. The molecule has 1 aromatic carbocycles. The molecule has 1 atom stereocenters. The number of carbonyl (C=O) groups excluding carboxylic acids is 1. The highest BCUT2D eigenvalue weighted by Crippen LogP contribution is 2.21. The molecular formula is C15H15N3O3. The van der Waals surface area contributed by atoms with Gasteiger partial charge in [0.2, 0.25) is 0 Å². The van der Waals surface area contributed by atoms with Crippen LogP contribution in [0.2, 0.25) is 0 Å². The first-order valence-electron chi connectivity index (χ1n) is 6.88. The van der Waals surface area contributed by atoms with Crippen molar-refractivity contribution >= 4 is 22.9 Å². The molecule has 6 heteroatoms. The standard InChI is InChI=1S/C15H15N3O3/c19-14(18-8-2-3-10(9-18)15(20)21)11-4-1-5-12-13(11)17-7-6-16-12/h1,4-7,10H,2-3,8-9H2,(H,20,21)/t10-/m0/s1. The predicted molar refractivity (Wildman–Crippen MR) is 75.8 cm³/mol. The lowest BCUT2D eigenvalue weighted by molar-refractivity contribution is -0.143. The normalized spacial score (nSPS) is 18.7. The second kappa shape index (κ2) is 5.47. The van der Waals surface area contributed by atoms with Gasteiger partial charge in [-0.3, -0.25) is 19.6 Å². The van der Waals surface area contributed by atoms with Crippen LogP contribution in [0.1, 0.15) is 23.2 Å². The summed E-state index contributed by atoms with van der Waals surface area (Å²) in [6, 6.07) is 5.28. The number of carbonyl (C=O) groups is 2. The number of carboxylic acids is 1. The molecule has 1 aliphatic rings. The van der Waals surface area contributed by atoms with E-state index >= 15 is 0 Å². The minimum absolute atomic E-state index is 0.174. The Bertz CT molecular complexity index is 696. The van der Waals surface area contributed by atoms with Crippen molar-refractivity contribution < 1.29 is 14.7 Å². The number of benzene rings is 1. The molecule has 0 unspecified atom stereocenters. The average Bonchev–Trinajstić information content (AvgIpc) is 2.53. The molecule has 0 spiro atoms. The van der Waals surface area contributed by atoms with Crippen molar-refractivity contribution in [3.05, 3.63) is 36.2 Å². The first-order chi connectivity index (χ1) is 10.2. The van der Waals surface area contributed by atoms with E-state index < -0.39 is 11.9 Å². The molecule has 1 aliphatic heterocycles. The molecule has 1 saturated heterocycles. The Hall–Kier alpha value is -2.50. The minimum atomic E-state index is -0.842. The summed E-state index contributed by atoms with van der Waals surface area (Å²) in [5, 5.41) is 9.12. The summed E-state index contributed by atoms with van der Waals surface area (Å²) in [5.41, 5.74) is 1.70. The van der Waals surface area contributed by atoms with Crippen LogP contribution in [0.4, 0.5) is 0 Å².